The first-order valence-corrected chi connectivity index (χ1v) is 5.66. The second-order valence-electron chi connectivity index (χ2n) is 1.51. The van der Waals surface area contributed by atoms with E-state index in [1.54, 1.807) is 0 Å². The smallest absolute Gasteiger partial charge is 0.213 e. The van der Waals surface area contributed by atoms with Crippen LogP contribution in [-0.2, 0) is 4.79 Å². The Balaban J connectivity index is 2.51. The van der Waals surface area contributed by atoms with Crippen LogP contribution in [0.5, 0.6) is 0 Å². The first-order chi connectivity index (χ1) is 5.18. The summed E-state index contributed by atoms with van der Waals surface area (Å²) in [6.45, 7) is 0. The second-order valence-corrected chi connectivity index (χ2v) is 4.84. The highest BCUT2D eigenvalue weighted by atomic mass is 32.9. The molecule has 0 aromatic carbocycles. The van der Waals surface area contributed by atoms with Crippen molar-refractivity contribution in [3.05, 3.63) is 4.80 Å². The molecule has 0 saturated carbocycles. The predicted octanol–water partition coefficient (Wildman–Crippen LogP) is -0.474. The van der Waals surface area contributed by atoms with Crippen molar-refractivity contribution in [2.24, 2.45) is 0 Å². The molecule has 0 saturated heterocycles. The third-order valence-electron chi connectivity index (χ3n) is 0.698. The maximum Gasteiger partial charge on any atom is 0.213 e. The Morgan fingerprint density at radius 2 is 2.45 bits per heavy atom. The van der Waals surface area contributed by atoms with Gasteiger partial charge in [-0.3, -0.25) is 5.41 Å². The molecule has 0 aliphatic rings. The molecule has 0 fully saturated rings. The standard InChI is InChI=1S/C4H4N2O2S3/c5-3-6-4(11-10-3)9-1-2(7)8/h5H,1H2,(H,7,8)/p-1. The van der Waals surface area contributed by atoms with E-state index in [9.17, 15) is 9.90 Å². The highest BCUT2D eigenvalue weighted by molar-refractivity contribution is 8.03. The lowest BCUT2D eigenvalue weighted by atomic mass is 10.8. The number of carbonyl (C=O) groups is 1. The number of carboxylic acid groups (broad SMARTS) is 1. The van der Waals surface area contributed by atoms with Gasteiger partial charge < -0.3 is 9.90 Å². The van der Waals surface area contributed by atoms with Crippen molar-refractivity contribution in [2.45, 2.75) is 4.34 Å². The average Bonchev–Trinajstić information content (AvgIpc) is 2.31. The van der Waals surface area contributed by atoms with E-state index in [2.05, 4.69) is 4.98 Å². The van der Waals surface area contributed by atoms with E-state index < -0.39 is 5.97 Å². The van der Waals surface area contributed by atoms with Crippen LogP contribution in [0.3, 0.4) is 0 Å². The number of hydrogen-bond acceptors (Lipinski definition) is 7. The maximum atomic E-state index is 9.98. The molecule has 1 heterocycles. The molecular formula is C4H3N2O2S3-. The van der Waals surface area contributed by atoms with Crippen LogP contribution in [0.1, 0.15) is 0 Å². The van der Waals surface area contributed by atoms with Crippen LogP contribution in [0.2, 0.25) is 0 Å². The number of rotatable bonds is 3. The summed E-state index contributed by atoms with van der Waals surface area (Å²) in [4.78, 5) is 14.0. The van der Waals surface area contributed by atoms with Gasteiger partial charge >= 0.3 is 0 Å². The Morgan fingerprint density at radius 3 is 2.91 bits per heavy atom. The summed E-state index contributed by atoms with van der Waals surface area (Å²) in [5.74, 6) is -1.21. The molecular weight excluding hydrogens is 204 g/mol. The quantitative estimate of drug-likeness (QED) is 0.537. The van der Waals surface area contributed by atoms with E-state index in [4.69, 9.17) is 5.41 Å². The van der Waals surface area contributed by atoms with Crippen LogP contribution in [0.25, 0.3) is 0 Å². The summed E-state index contributed by atoms with van der Waals surface area (Å²) in [6.07, 6.45) is 0. The lowest BCUT2D eigenvalue weighted by Crippen LogP contribution is -2.24. The zero-order valence-electron chi connectivity index (χ0n) is 5.20. The molecule has 0 amide bonds. The normalized spacial score (nSPS) is 9.82. The van der Waals surface area contributed by atoms with Crippen LogP contribution in [-0.4, -0.2) is 16.7 Å². The first kappa shape index (κ1) is 8.69. The number of thioether (sulfide) groups is 1. The van der Waals surface area contributed by atoms with Crippen molar-refractivity contribution in [1.82, 2.24) is 4.98 Å². The van der Waals surface area contributed by atoms with Crippen molar-refractivity contribution in [3.8, 4) is 0 Å². The number of carbonyl (C=O) groups excluding carboxylic acids is 1. The van der Waals surface area contributed by atoms with Crippen molar-refractivity contribution in [1.29, 1.82) is 5.41 Å². The lowest BCUT2D eigenvalue weighted by molar-refractivity contribution is -0.301. The van der Waals surface area contributed by atoms with Gasteiger partial charge in [-0.15, -0.1) is 0 Å². The fourth-order valence-electron chi connectivity index (χ4n) is 0.372. The zero-order valence-corrected chi connectivity index (χ0v) is 7.65. The molecule has 11 heavy (non-hydrogen) atoms. The van der Waals surface area contributed by atoms with Crippen LogP contribution in [0.15, 0.2) is 4.34 Å². The molecule has 1 aromatic rings. The summed E-state index contributed by atoms with van der Waals surface area (Å²) >= 11 is 1.09. The zero-order chi connectivity index (χ0) is 8.27. The number of nitrogens with zero attached hydrogens (tertiary/aromatic N) is 1. The number of hydrogen-bond donors (Lipinski definition) is 1. The molecule has 0 spiro atoms. The van der Waals surface area contributed by atoms with Gasteiger partial charge in [0.05, 0.1) is 5.97 Å². The summed E-state index contributed by atoms with van der Waals surface area (Å²) in [5.41, 5.74) is 0. The Kier molecular flexibility index (Phi) is 3.03. The van der Waals surface area contributed by atoms with Gasteiger partial charge in [0.1, 0.15) is 0 Å². The molecule has 0 bridgehead atoms. The monoisotopic (exact) mass is 207 g/mol. The van der Waals surface area contributed by atoms with Crippen LogP contribution >= 0.6 is 32.4 Å². The Morgan fingerprint density at radius 1 is 1.73 bits per heavy atom. The van der Waals surface area contributed by atoms with Gasteiger partial charge in [0.15, 0.2) is 4.34 Å². The SMILES string of the molecule is N=c1nc(SCC(=O)[O-])ss1. The van der Waals surface area contributed by atoms with Gasteiger partial charge in [0.2, 0.25) is 4.80 Å². The van der Waals surface area contributed by atoms with Crippen molar-refractivity contribution < 1.29 is 9.90 Å². The Hall–Kier alpha value is -0.400. The minimum absolute atomic E-state index is 0.0975. The van der Waals surface area contributed by atoms with Crippen LogP contribution in [0.4, 0.5) is 0 Å². The third-order valence-corrected chi connectivity index (χ3v) is 4.10. The van der Waals surface area contributed by atoms with E-state index in [0.29, 0.717) is 4.34 Å². The average molecular weight is 207 g/mol. The summed E-state index contributed by atoms with van der Waals surface area (Å²) in [7, 11) is 2.53. The molecule has 60 valence electrons. The van der Waals surface area contributed by atoms with Crippen LogP contribution < -0.4 is 9.91 Å². The van der Waals surface area contributed by atoms with E-state index in [1.165, 1.54) is 20.7 Å². The highest BCUT2D eigenvalue weighted by Gasteiger charge is 1.97. The number of carboxylic acids is 1. The fourth-order valence-corrected chi connectivity index (χ4v) is 3.08. The fraction of sp³-hybridized carbons (Fsp3) is 0.250. The van der Waals surface area contributed by atoms with E-state index in [1.807, 2.05) is 0 Å². The summed E-state index contributed by atoms with van der Waals surface area (Å²) in [5, 5.41) is 17.0. The molecule has 0 atom stereocenters. The second kappa shape index (κ2) is 3.84. The van der Waals surface area contributed by atoms with E-state index in [0.717, 1.165) is 11.8 Å². The largest absolute Gasteiger partial charge is 0.549 e. The van der Waals surface area contributed by atoms with Gasteiger partial charge in [0.25, 0.3) is 0 Å². The van der Waals surface area contributed by atoms with Gasteiger partial charge in [-0.05, 0) is 20.7 Å². The van der Waals surface area contributed by atoms with Gasteiger partial charge in [-0.2, -0.15) is 0 Å². The molecule has 0 radical (unpaired) electrons. The first-order valence-electron chi connectivity index (χ1n) is 2.53. The molecule has 4 nitrogen and oxygen atoms in total. The topological polar surface area (TPSA) is 76.9 Å². The minimum Gasteiger partial charge on any atom is -0.549 e. The molecule has 0 aliphatic carbocycles. The third kappa shape index (κ3) is 3.00. The number of aromatic nitrogens is 1. The maximum absolute atomic E-state index is 9.98. The molecule has 7 heteroatoms. The minimum atomic E-state index is -1.11. The number of aliphatic carboxylic acids is 1. The highest BCUT2D eigenvalue weighted by Crippen LogP contribution is 2.20. The summed E-state index contributed by atoms with van der Waals surface area (Å²) < 4.78 is 0.615. The van der Waals surface area contributed by atoms with Gasteiger partial charge in [-0.25, -0.2) is 4.98 Å². The van der Waals surface area contributed by atoms with Crippen molar-refractivity contribution in [2.75, 3.05) is 5.75 Å². The molecule has 1 aromatic heterocycles. The van der Waals surface area contributed by atoms with Gasteiger partial charge in [0, 0.05) is 5.75 Å². The van der Waals surface area contributed by atoms with Gasteiger partial charge in [-0.1, -0.05) is 11.8 Å². The molecule has 0 aliphatic heterocycles. The Bertz CT molecular complexity index is 304. The molecule has 1 rings (SSSR count). The predicted molar refractivity (Wildman–Crippen MR) is 41.6 cm³/mol. The van der Waals surface area contributed by atoms with E-state index in [-0.39, 0.29) is 10.6 Å². The Labute approximate surface area is 73.8 Å². The molecule has 0 unspecified atom stereocenters. The van der Waals surface area contributed by atoms with Crippen LogP contribution in [0, 0.1) is 5.41 Å². The van der Waals surface area contributed by atoms with Crippen molar-refractivity contribution in [3.63, 3.8) is 0 Å². The molecule has 1 N–H and O–H groups in total. The van der Waals surface area contributed by atoms with Crippen molar-refractivity contribution >= 4 is 38.4 Å². The number of nitrogens with one attached hydrogen (secondary N) is 1. The summed E-state index contributed by atoms with van der Waals surface area (Å²) in [6, 6.07) is 0. The van der Waals surface area contributed by atoms with E-state index >= 15 is 0 Å². The lowest BCUT2D eigenvalue weighted by Gasteiger charge is -1.95.